The van der Waals surface area contributed by atoms with E-state index in [0.29, 0.717) is 11.3 Å². The van der Waals surface area contributed by atoms with Gasteiger partial charge in [0, 0.05) is 19.7 Å². The second-order valence-corrected chi connectivity index (χ2v) is 10.4. The molecule has 218 valence electrons. The first kappa shape index (κ1) is 31.2. The first-order valence-electron chi connectivity index (χ1n) is 13.5. The molecule has 0 aromatic heterocycles. The van der Waals surface area contributed by atoms with Gasteiger partial charge in [-0.25, -0.2) is 4.79 Å². The van der Waals surface area contributed by atoms with Crippen molar-refractivity contribution in [3.63, 3.8) is 0 Å². The fourth-order valence-corrected chi connectivity index (χ4v) is 4.57. The zero-order valence-corrected chi connectivity index (χ0v) is 24.0. The number of nitrogens with zero attached hydrogens (tertiary/aromatic N) is 2. The Bertz CT molecular complexity index is 1280. The van der Waals surface area contributed by atoms with Crippen molar-refractivity contribution in [2.45, 2.75) is 52.3 Å². The number of ether oxygens (including phenoxy) is 2. The molecule has 1 N–H and O–H groups in total. The fourth-order valence-electron chi connectivity index (χ4n) is 4.57. The van der Waals surface area contributed by atoms with Gasteiger partial charge in [-0.15, -0.1) is 0 Å². The van der Waals surface area contributed by atoms with Crippen molar-refractivity contribution in [3.05, 3.63) is 78.0 Å². The topological polar surface area (TPSA) is 122 Å². The zero-order chi connectivity index (χ0) is 30.1. The Morgan fingerprint density at radius 3 is 2.10 bits per heavy atom. The van der Waals surface area contributed by atoms with E-state index in [1.165, 1.54) is 16.9 Å². The van der Waals surface area contributed by atoms with Gasteiger partial charge in [-0.3, -0.25) is 24.1 Å². The molecule has 1 aliphatic rings. The maximum absolute atomic E-state index is 13.9. The lowest BCUT2D eigenvalue weighted by molar-refractivity contribution is -0.157. The standard InChI is InChI=1S/C31H37N3O7/c1-20(2)28-30(38)33(25(23-14-10-7-11-15-23)17-34(28)27(36)19-40-5)18-26(35)32-24(16-22-12-8-6-9-13-22)29(37)31(39)41-21(3)4/h6-15,17,20-21,24,28H,16,18-19H2,1-5H3,(H,32,35)/t24-,28+/m0/s1. The minimum atomic E-state index is -1.21. The summed E-state index contributed by atoms with van der Waals surface area (Å²) in [6.45, 7) is 6.22. The van der Waals surface area contributed by atoms with Crippen LogP contribution in [0.15, 0.2) is 66.9 Å². The third kappa shape index (κ3) is 8.11. The van der Waals surface area contributed by atoms with Gasteiger partial charge in [0.15, 0.2) is 0 Å². The number of methoxy groups -OCH3 is 1. The van der Waals surface area contributed by atoms with E-state index in [2.05, 4.69) is 5.32 Å². The number of esters is 1. The van der Waals surface area contributed by atoms with Crippen LogP contribution in [0.25, 0.3) is 5.70 Å². The second-order valence-electron chi connectivity index (χ2n) is 10.4. The van der Waals surface area contributed by atoms with Gasteiger partial charge in [0.2, 0.25) is 5.91 Å². The molecule has 2 atom stereocenters. The molecule has 10 heteroatoms. The predicted molar refractivity (Wildman–Crippen MR) is 152 cm³/mol. The van der Waals surface area contributed by atoms with Gasteiger partial charge < -0.3 is 19.7 Å². The van der Waals surface area contributed by atoms with Gasteiger partial charge in [0.25, 0.3) is 17.6 Å². The van der Waals surface area contributed by atoms with E-state index in [0.717, 1.165) is 5.56 Å². The van der Waals surface area contributed by atoms with Gasteiger partial charge in [0.1, 0.15) is 25.2 Å². The molecule has 0 radical (unpaired) electrons. The molecular formula is C31H37N3O7. The molecule has 1 aliphatic heterocycles. The summed E-state index contributed by atoms with van der Waals surface area (Å²) in [5, 5.41) is 2.65. The predicted octanol–water partition coefficient (Wildman–Crippen LogP) is 2.58. The van der Waals surface area contributed by atoms with Crippen molar-refractivity contribution in [1.29, 1.82) is 0 Å². The molecular weight excluding hydrogens is 526 g/mol. The van der Waals surface area contributed by atoms with Crippen LogP contribution in [0.2, 0.25) is 0 Å². The van der Waals surface area contributed by atoms with Crippen LogP contribution in [0.5, 0.6) is 0 Å². The second kappa shape index (κ2) is 14.4. The summed E-state index contributed by atoms with van der Waals surface area (Å²) < 4.78 is 10.1. The number of hydrogen-bond donors (Lipinski definition) is 1. The van der Waals surface area contributed by atoms with E-state index >= 15 is 0 Å². The summed E-state index contributed by atoms with van der Waals surface area (Å²) in [4.78, 5) is 68.4. The molecule has 10 nitrogen and oxygen atoms in total. The molecule has 2 aromatic carbocycles. The molecule has 2 aromatic rings. The van der Waals surface area contributed by atoms with E-state index in [1.54, 1.807) is 68.6 Å². The van der Waals surface area contributed by atoms with Crippen LogP contribution in [0.1, 0.15) is 38.8 Å². The Morgan fingerprint density at radius 2 is 1.54 bits per heavy atom. The summed E-state index contributed by atoms with van der Waals surface area (Å²) in [6, 6.07) is 15.8. The summed E-state index contributed by atoms with van der Waals surface area (Å²) >= 11 is 0. The number of hydrogen-bond acceptors (Lipinski definition) is 7. The SMILES string of the molecule is COCC(=O)N1C=C(c2ccccc2)N(CC(=O)N[C@@H](Cc2ccccc2)C(=O)C(=O)OC(C)C)C(=O)[C@H]1C(C)C. The Hall–Kier alpha value is -4.31. The highest BCUT2D eigenvalue weighted by molar-refractivity contribution is 6.36. The smallest absolute Gasteiger partial charge is 0.377 e. The molecule has 0 saturated carbocycles. The summed E-state index contributed by atoms with van der Waals surface area (Å²) in [5.74, 6) is -3.71. The first-order chi connectivity index (χ1) is 19.5. The zero-order valence-electron chi connectivity index (χ0n) is 24.0. The van der Waals surface area contributed by atoms with E-state index in [4.69, 9.17) is 9.47 Å². The van der Waals surface area contributed by atoms with Crippen LogP contribution in [0.3, 0.4) is 0 Å². The van der Waals surface area contributed by atoms with Crippen molar-refractivity contribution in [2.24, 2.45) is 5.92 Å². The Labute approximate surface area is 240 Å². The first-order valence-corrected chi connectivity index (χ1v) is 13.5. The molecule has 0 fully saturated rings. The number of carbonyl (C=O) groups excluding carboxylic acids is 5. The van der Waals surface area contributed by atoms with E-state index in [9.17, 15) is 24.0 Å². The lowest BCUT2D eigenvalue weighted by atomic mass is 9.97. The number of Topliss-reactive ketones (excluding diaryl/α,β-unsaturated/α-hetero) is 1. The minimum absolute atomic E-state index is 0.0574. The quantitative estimate of drug-likeness (QED) is 0.311. The molecule has 3 rings (SSSR count). The number of benzene rings is 2. The average Bonchev–Trinajstić information content (AvgIpc) is 2.93. The molecule has 1 heterocycles. The normalized spacial score (nSPS) is 15.9. The largest absolute Gasteiger partial charge is 0.457 e. The van der Waals surface area contributed by atoms with Crippen molar-refractivity contribution < 1.29 is 33.4 Å². The summed E-state index contributed by atoms with van der Waals surface area (Å²) in [5.41, 5.74) is 1.69. The summed E-state index contributed by atoms with van der Waals surface area (Å²) in [6.07, 6.45) is 1.10. The van der Waals surface area contributed by atoms with E-state index in [1.807, 2.05) is 26.0 Å². The third-order valence-corrected chi connectivity index (χ3v) is 6.41. The van der Waals surface area contributed by atoms with Crippen LogP contribution in [0.4, 0.5) is 0 Å². The van der Waals surface area contributed by atoms with Gasteiger partial charge in [-0.1, -0.05) is 74.5 Å². The third-order valence-electron chi connectivity index (χ3n) is 6.41. The van der Waals surface area contributed by atoms with Crippen molar-refractivity contribution in [2.75, 3.05) is 20.3 Å². The molecule has 3 amide bonds. The van der Waals surface area contributed by atoms with Crippen LogP contribution in [-0.4, -0.2) is 77.7 Å². The number of amides is 3. The van der Waals surface area contributed by atoms with E-state index in [-0.39, 0.29) is 18.9 Å². The molecule has 0 spiro atoms. The molecule has 41 heavy (non-hydrogen) atoms. The van der Waals surface area contributed by atoms with Crippen LogP contribution in [0, 0.1) is 5.92 Å². The lowest BCUT2D eigenvalue weighted by Crippen LogP contribution is -2.57. The highest BCUT2D eigenvalue weighted by Crippen LogP contribution is 2.30. The molecule has 0 unspecified atom stereocenters. The fraction of sp³-hybridized carbons (Fsp3) is 0.387. The van der Waals surface area contributed by atoms with Gasteiger partial charge >= 0.3 is 5.97 Å². The number of carbonyl (C=O) groups is 5. The number of nitrogens with one attached hydrogen (secondary N) is 1. The van der Waals surface area contributed by atoms with Crippen LogP contribution >= 0.6 is 0 Å². The highest BCUT2D eigenvalue weighted by atomic mass is 16.5. The monoisotopic (exact) mass is 563 g/mol. The van der Waals surface area contributed by atoms with Gasteiger partial charge in [-0.05, 0) is 30.9 Å². The van der Waals surface area contributed by atoms with Crippen molar-refractivity contribution in [3.8, 4) is 0 Å². The minimum Gasteiger partial charge on any atom is -0.457 e. The highest BCUT2D eigenvalue weighted by Gasteiger charge is 2.41. The number of ketones is 1. The Morgan fingerprint density at radius 1 is 0.927 bits per heavy atom. The van der Waals surface area contributed by atoms with Crippen LogP contribution in [-0.2, 0) is 39.9 Å². The summed E-state index contributed by atoms with van der Waals surface area (Å²) in [7, 11) is 1.40. The van der Waals surface area contributed by atoms with Crippen molar-refractivity contribution >= 4 is 35.2 Å². The number of rotatable bonds is 12. The van der Waals surface area contributed by atoms with Crippen molar-refractivity contribution in [1.82, 2.24) is 15.1 Å². The lowest BCUT2D eigenvalue weighted by Gasteiger charge is -2.41. The van der Waals surface area contributed by atoms with E-state index < -0.39 is 54.2 Å². The molecule has 0 bridgehead atoms. The average molecular weight is 564 g/mol. The molecule has 0 saturated heterocycles. The maximum Gasteiger partial charge on any atom is 0.377 e. The molecule has 0 aliphatic carbocycles. The Kier molecular flexibility index (Phi) is 10.9. The Balaban J connectivity index is 1.94. The van der Waals surface area contributed by atoms with Gasteiger partial charge in [0.05, 0.1) is 11.8 Å². The maximum atomic E-state index is 13.9. The van der Waals surface area contributed by atoms with Crippen LogP contribution < -0.4 is 5.32 Å². The van der Waals surface area contributed by atoms with Gasteiger partial charge in [-0.2, -0.15) is 0 Å².